The van der Waals surface area contributed by atoms with Gasteiger partial charge in [-0.25, -0.2) is 9.97 Å². The van der Waals surface area contributed by atoms with E-state index < -0.39 is 0 Å². The van der Waals surface area contributed by atoms with Crippen LogP contribution in [0.5, 0.6) is 11.5 Å². The van der Waals surface area contributed by atoms with Crippen LogP contribution in [0.3, 0.4) is 0 Å². The molecule has 0 atom stereocenters. The molecule has 0 aliphatic heterocycles. The highest BCUT2D eigenvalue weighted by Gasteiger charge is 2.10. The highest BCUT2D eigenvalue weighted by Crippen LogP contribution is 2.31. The molecule has 0 fully saturated rings. The Balaban J connectivity index is 2.44. The fourth-order valence-corrected chi connectivity index (χ4v) is 2.00. The normalized spacial score (nSPS) is 10.4. The van der Waals surface area contributed by atoms with Crippen LogP contribution in [0.2, 0.25) is 0 Å². The SMILES string of the molecule is CCNc1cc(CC)nc(-c2ccc(O)c(OCC)c2)n1. The first-order chi connectivity index (χ1) is 10.2. The maximum atomic E-state index is 9.77. The van der Waals surface area contributed by atoms with Crippen molar-refractivity contribution in [1.82, 2.24) is 9.97 Å². The summed E-state index contributed by atoms with van der Waals surface area (Å²) in [5, 5.41) is 13.0. The fourth-order valence-electron chi connectivity index (χ4n) is 2.00. The van der Waals surface area contributed by atoms with Gasteiger partial charge in [-0.05, 0) is 38.5 Å². The summed E-state index contributed by atoms with van der Waals surface area (Å²) in [7, 11) is 0. The summed E-state index contributed by atoms with van der Waals surface area (Å²) in [4.78, 5) is 9.06. The van der Waals surface area contributed by atoms with Gasteiger partial charge in [0, 0.05) is 23.9 Å². The second-order valence-corrected chi connectivity index (χ2v) is 4.57. The first-order valence-electron chi connectivity index (χ1n) is 7.25. The van der Waals surface area contributed by atoms with Gasteiger partial charge in [0.2, 0.25) is 0 Å². The van der Waals surface area contributed by atoms with Crippen LogP contribution in [0.1, 0.15) is 26.5 Å². The highest BCUT2D eigenvalue weighted by atomic mass is 16.5. The number of benzene rings is 1. The number of nitrogens with one attached hydrogen (secondary N) is 1. The van der Waals surface area contributed by atoms with Gasteiger partial charge in [-0.15, -0.1) is 0 Å². The van der Waals surface area contributed by atoms with Crippen molar-refractivity contribution in [2.75, 3.05) is 18.5 Å². The molecule has 1 aromatic heterocycles. The summed E-state index contributed by atoms with van der Waals surface area (Å²) in [5.41, 5.74) is 1.80. The second kappa shape index (κ2) is 6.92. The average Bonchev–Trinajstić information content (AvgIpc) is 2.49. The minimum absolute atomic E-state index is 0.124. The van der Waals surface area contributed by atoms with Crippen LogP contribution in [-0.4, -0.2) is 28.2 Å². The molecule has 2 rings (SSSR count). The number of aromatic nitrogens is 2. The predicted molar refractivity (Wildman–Crippen MR) is 83.8 cm³/mol. The Morgan fingerprint density at radius 2 is 1.95 bits per heavy atom. The topological polar surface area (TPSA) is 67.3 Å². The third-order valence-electron chi connectivity index (χ3n) is 3.02. The zero-order valence-corrected chi connectivity index (χ0v) is 12.7. The molecule has 0 bridgehead atoms. The van der Waals surface area contributed by atoms with E-state index >= 15 is 0 Å². The van der Waals surface area contributed by atoms with Crippen LogP contribution >= 0.6 is 0 Å². The Hall–Kier alpha value is -2.30. The van der Waals surface area contributed by atoms with E-state index in [2.05, 4.69) is 22.2 Å². The second-order valence-electron chi connectivity index (χ2n) is 4.57. The van der Waals surface area contributed by atoms with E-state index in [0.29, 0.717) is 18.2 Å². The number of anilines is 1. The summed E-state index contributed by atoms with van der Waals surface area (Å²) in [6, 6.07) is 7.12. The van der Waals surface area contributed by atoms with Crippen LogP contribution in [-0.2, 0) is 6.42 Å². The first kappa shape index (κ1) is 15.1. The molecular weight excluding hydrogens is 266 g/mol. The maximum absolute atomic E-state index is 9.77. The summed E-state index contributed by atoms with van der Waals surface area (Å²) in [6.45, 7) is 7.27. The molecule has 0 spiro atoms. The minimum atomic E-state index is 0.124. The number of ether oxygens (including phenoxy) is 1. The molecule has 0 aliphatic carbocycles. The largest absolute Gasteiger partial charge is 0.504 e. The Morgan fingerprint density at radius 1 is 1.14 bits per heavy atom. The molecule has 5 nitrogen and oxygen atoms in total. The van der Waals surface area contributed by atoms with Crippen molar-refractivity contribution < 1.29 is 9.84 Å². The number of rotatable bonds is 6. The lowest BCUT2D eigenvalue weighted by Gasteiger charge is -2.10. The number of phenols is 1. The Bertz CT molecular complexity index is 614. The van der Waals surface area contributed by atoms with Gasteiger partial charge in [0.15, 0.2) is 17.3 Å². The van der Waals surface area contributed by atoms with Gasteiger partial charge >= 0.3 is 0 Å². The molecule has 2 N–H and O–H groups in total. The van der Waals surface area contributed by atoms with E-state index in [1.807, 2.05) is 19.9 Å². The maximum Gasteiger partial charge on any atom is 0.161 e. The van der Waals surface area contributed by atoms with Gasteiger partial charge < -0.3 is 15.2 Å². The monoisotopic (exact) mass is 287 g/mol. The van der Waals surface area contributed by atoms with Gasteiger partial charge in [0.1, 0.15) is 5.82 Å². The van der Waals surface area contributed by atoms with E-state index in [1.54, 1.807) is 18.2 Å². The van der Waals surface area contributed by atoms with Crippen LogP contribution in [0, 0.1) is 0 Å². The van der Waals surface area contributed by atoms with Crippen LogP contribution in [0.4, 0.5) is 5.82 Å². The van der Waals surface area contributed by atoms with Gasteiger partial charge in [-0.3, -0.25) is 0 Å². The van der Waals surface area contributed by atoms with Crippen molar-refractivity contribution in [3.63, 3.8) is 0 Å². The van der Waals surface area contributed by atoms with Crippen molar-refractivity contribution in [3.05, 3.63) is 30.0 Å². The van der Waals surface area contributed by atoms with Crippen molar-refractivity contribution in [3.8, 4) is 22.9 Å². The van der Waals surface area contributed by atoms with Crippen molar-refractivity contribution >= 4 is 5.82 Å². The third kappa shape index (κ3) is 3.62. The number of phenolic OH excluding ortho intramolecular Hbond substituents is 1. The number of hydrogen-bond acceptors (Lipinski definition) is 5. The molecule has 0 saturated heterocycles. The van der Waals surface area contributed by atoms with Gasteiger partial charge in [-0.1, -0.05) is 6.92 Å². The van der Waals surface area contributed by atoms with E-state index in [9.17, 15) is 5.11 Å². The van der Waals surface area contributed by atoms with E-state index in [0.717, 1.165) is 30.0 Å². The Labute approximate surface area is 125 Å². The molecule has 0 amide bonds. The van der Waals surface area contributed by atoms with Crippen LogP contribution < -0.4 is 10.1 Å². The zero-order chi connectivity index (χ0) is 15.2. The van der Waals surface area contributed by atoms with Crippen molar-refractivity contribution in [2.45, 2.75) is 27.2 Å². The number of aryl methyl sites for hydroxylation is 1. The van der Waals surface area contributed by atoms with Gasteiger partial charge in [-0.2, -0.15) is 0 Å². The van der Waals surface area contributed by atoms with Crippen molar-refractivity contribution in [2.24, 2.45) is 0 Å². The number of hydrogen-bond donors (Lipinski definition) is 2. The molecule has 2 aromatic rings. The standard InChI is InChI=1S/C16H21N3O2/c1-4-12-10-15(17-5-2)19-16(18-12)11-7-8-13(20)14(9-11)21-6-3/h7-10,20H,4-6H2,1-3H3,(H,17,18,19). The summed E-state index contributed by atoms with van der Waals surface area (Å²) < 4.78 is 5.41. The quantitative estimate of drug-likeness (QED) is 0.853. The van der Waals surface area contributed by atoms with E-state index in [1.165, 1.54) is 0 Å². The molecule has 0 saturated carbocycles. The predicted octanol–water partition coefficient (Wildman–Crippen LogP) is 3.24. The molecular formula is C16H21N3O2. The summed E-state index contributed by atoms with van der Waals surface area (Å²) in [5.74, 6) is 2.02. The third-order valence-corrected chi connectivity index (χ3v) is 3.02. The van der Waals surface area contributed by atoms with Gasteiger partial charge in [0.05, 0.1) is 6.61 Å². The summed E-state index contributed by atoms with van der Waals surface area (Å²) >= 11 is 0. The van der Waals surface area contributed by atoms with Crippen LogP contribution in [0.15, 0.2) is 24.3 Å². The van der Waals surface area contributed by atoms with Crippen LogP contribution in [0.25, 0.3) is 11.4 Å². The van der Waals surface area contributed by atoms with E-state index in [-0.39, 0.29) is 5.75 Å². The molecule has 0 radical (unpaired) electrons. The molecule has 1 aromatic carbocycles. The highest BCUT2D eigenvalue weighted by molar-refractivity contribution is 5.62. The lowest BCUT2D eigenvalue weighted by atomic mass is 10.1. The Kier molecular flexibility index (Phi) is 4.98. The minimum Gasteiger partial charge on any atom is -0.504 e. The molecule has 0 aliphatic rings. The lowest BCUT2D eigenvalue weighted by molar-refractivity contribution is 0.318. The molecule has 1 heterocycles. The summed E-state index contributed by atoms with van der Waals surface area (Å²) in [6.07, 6.45) is 0.838. The fraction of sp³-hybridized carbons (Fsp3) is 0.375. The first-order valence-corrected chi connectivity index (χ1v) is 7.25. The average molecular weight is 287 g/mol. The van der Waals surface area contributed by atoms with E-state index in [4.69, 9.17) is 4.74 Å². The number of nitrogens with zero attached hydrogens (tertiary/aromatic N) is 2. The molecule has 5 heteroatoms. The number of aromatic hydroxyl groups is 1. The molecule has 112 valence electrons. The van der Waals surface area contributed by atoms with Gasteiger partial charge in [0.25, 0.3) is 0 Å². The lowest BCUT2D eigenvalue weighted by Crippen LogP contribution is -2.04. The molecule has 0 unspecified atom stereocenters. The smallest absolute Gasteiger partial charge is 0.161 e. The Morgan fingerprint density at radius 3 is 2.62 bits per heavy atom. The van der Waals surface area contributed by atoms with Crippen molar-refractivity contribution in [1.29, 1.82) is 0 Å². The zero-order valence-electron chi connectivity index (χ0n) is 12.7. The molecule has 21 heavy (non-hydrogen) atoms.